The zero-order valence-electron chi connectivity index (χ0n) is 15.3. The topological polar surface area (TPSA) is 32.3 Å². The SMILES string of the molecule is CC(C)N(C)Cc1ccccc1CNC(=O)CCc1ccccc1Cl. The molecule has 0 spiro atoms. The molecule has 1 N–H and O–H groups in total. The van der Waals surface area contributed by atoms with Gasteiger partial charge in [-0.15, -0.1) is 0 Å². The van der Waals surface area contributed by atoms with Crippen molar-refractivity contribution < 1.29 is 4.79 Å². The Kier molecular flexibility index (Phi) is 7.48. The Morgan fingerprint density at radius 3 is 2.28 bits per heavy atom. The van der Waals surface area contributed by atoms with Crippen LogP contribution in [0.5, 0.6) is 0 Å². The van der Waals surface area contributed by atoms with E-state index < -0.39 is 0 Å². The van der Waals surface area contributed by atoms with Crippen LogP contribution in [0.2, 0.25) is 5.02 Å². The molecular weight excluding hydrogens is 332 g/mol. The first-order chi connectivity index (χ1) is 12.0. The number of amides is 1. The molecular formula is C21H27ClN2O. The van der Waals surface area contributed by atoms with E-state index in [2.05, 4.69) is 43.2 Å². The van der Waals surface area contributed by atoms with Crippen molar-refractivity contribution in [1.82, 2.24) is 10.2 Å². The van der Waals surface area contributed by atoms with E-state index in [1.807, 2.05) is 36.4 Å². The van der Waals surface area contributed by atoms with Gasteiger partial charge in [-0.1, -0.05) is 54.1 Å². The summed E-state index contributed by atoms with van der Waals surface area (Å²) in [5.74, 6) is 0.0481. The maximum Gasteiger partial charge on any atom is 0.220 e. The van der Waals surface area contributed by atoms with Crippen molar-refractivity contribution in [3.63, 3.8) is 0 Å². The highest BCUT2D eigenvalue weighted by molar-refractivity contribution is 6.31. The zero-order chi connectivity index (χ0) is 18.2. The molecule has 4 heteroatoms. The third-order valence-electron chi connectivity index (χ3n) is 4.47. The highest BCUT2D eigenvalue weighted by Gasteiger charge is 2.09. The number of hydrogen-bond donors (Lipinski definition) is 1. The van der Waals surface area contributed by atoms with Gasteiger partial charge >= 0.3 is 0 Å². The summed E-state index contributed by atoms with van der Waals surface area (Å²) in [5.41, 5.74) is 3.43. The number of carbonyl (C=O) groups excluding carboxylic acids is 1. The standard InChI is InChI=1S/C21H27ClN2O/c1-16(2)24(3)15-19-10-5-4-9-18(19)14-23-21(25)13-12-17-8-6-7-11-20(17)22/h4-11,16H,12-15H2,1-3H3,(H,23,25). The van der Waals surface area contributed by atoms with E-state index in [0.29, 0.717) is 25.4 Å². The van der Waals surface area contributed by atoms with Gasteiger partial charge in [0.25, 0.3) is 0 Å². The maximum absolute atomic E-state index is 12.2. The molecule has 3 nitrogen and oxygen atoms in total. The predicted molar refractivity (Wildman–Crippen MR) is 105 cm³/mol. The normalized spacial score (nSPS) is 11.1. The summed E-state index contributed by atoms with van der Waals surface area (Å²) in [4.78, 5) is 14.5. The molecule has 0 saturated carbocycles. The smallest absolute Gasteiger partial charge is 0.220 e. The van der Waals surface area contributed by atoms with Crippen molar-refractivity contribution in [3.05, 3.63) is 70.2 Å². The molecule has 0 saturated heterocycles. The number of hydrogen-bond acceptors (Lipinski definition) is 2. The van der Waals surface area contributed by atoms with Crippen molar-refractivity contribution in [1.29, 1.82) is 0 Å². The van der Waals surface area contributed by atoms with E-state index in [1.54, 1.807) is 0 Å². The first-order valence-electron chi connectivity index (χ1n) is 8.74. The molecule has 25 heavy (non-hydrogen) atoms. The minimum absolute atomic E-state index is 0.0481. The van der Waals surface area contributed by atoms with Crippen LogP contribution in [0, 0.1) is 0 Å². The molecule has 0 fully saturated rings. The summed E-state index contributed by atoms with van der Waals surface area (Å²) in [5, 5.41) is 3.75. The largest absolute Gasteiger partial charge is 0.352 e. The molecule has 2 rings (SSSR count). The minimum atomic E-state index is 0.0481. The third kappa shape index (κ3) is 6.18. The third-order valence-corrected chi connectivity index (χ3v) is 4.84. The first kappa shape index (κ1) is 19.5. The lowest BCUT2D eigenvalue weighted by Gasteiger charge is -2.22. The van der Waals surface area contributed by atoms with Crippen LogP contribution >= 0.6 is 11.6 Å². The van der Waals surface area contributed by atoms with Gasteiger partial charge < -0.3 is 5.32 Å². The Morgan fingerprint density at radius 1 is 1.04 bits per heavy atom. The van der Waals surface area contributed by atoms with Crippen LogP contribution in [0.3, 0.4) is 0 Å². The van der Waals surface area contributed by atoms with Crippen molar-refractivity contribution in [2.45, 2.75) is 45.8 Å². The van der Waals surface area contributed by atoms with Crippen molar-refractivity contribution in [2.24, 2.45) is 0 Å². The maximum atomic E-state index is 12.2. The molecule has 0 aliphatic heterocycles. The van der Waals surface area contributed by atoms with E-state index >= 15 is 0 Å². The molecule has 134 valence electrons. The Labute approximate surface area is 156 Å². The summed E-state index contributed by atoms with van der Waals surface area (Å²) < 4.78 is 0. The second kappa shape index (κ2) is 9.59. The fourth-order valence-electron chi connectivity index (χ4n) is 2.57. The number of nitrogens with one attached hydrogen (secondary N) is 1. The second-order valence-corrected chi connectivity index (χ2v) is 7.05. The molecule has 2 aromatic carbocycles. The van der Waals surface area contributed by atoms with Crippen LogP contribution in [-0.2, 0) is 24.3 Å². The number of carbonyl (C=O) groups is 1. The van der Waals surface area contributed by atoms with Gasteiger partial charge in [0.1, 0.15) is 0 Å². The molecule has 0 atom stereocenters. The first-order valence-corrected chi connectivity index (χ1v) is 9.12. The van der Waals surface area contributed by atoms with Gasteiger partial charge in [0.05, 0.1) is 0 Å². The number of halogens is 1. The fraction of sp³-hybridized carbons (Fsp3) is 0.381. The van der Waals surface area contributed by atoms with Crippen molar-refractivity contribution in [3.8, 4) is 0 Å². The summed E-state index contributed by atoms with van der Waals surface area (Å²) in [7, 11) is 2.11. The minimum Gasteiger partial charge on any atom is -0.352 e. The Hall–Kier alpha value is -1.84. The predicted octanol–water partition coefficient (Wildman–Crippen LogP) is 4.43. The average molecular weight is 359 g/mol. The Morgan fingerprint density at radius 2 is 1.64 bits per heavy atom. The van der Waals surface area contributed by atoms with Gasteiger partial charge in [-0.25, -0.2) is 0 Å². The van der Waals surface area contributed by atoms with E-state index in [0.717, 1.165) is 17.1 Å². The van der Waals surface area contributed by atoms with E-state index in [-0.39, 0.29) is 5.91 Å². The van der Waals surface area contributed by atoms with E-state index in [1.165, 1.54) is 11.1 Å². The van der Waals surface area contributed by atoms with Crippen LogP contribution in [0.15, 0.2) is 48.5 Å². The summed E-state index contributed by atoms with van der Waals surface area (Å²) in [6.45, 7) is 5.80. The molecule has 0 aliphatic rings. The van der Waals surface area contributed by atoms with Crippen LogP contribution in [0.1, 0.15) is 37.0 Å². The lowest BCUT2D eigenvalue weighted by Crippen LogP contribution is -2.27. The van der Waals surface area contributed by atoms with Crippen LogP contribution in [0.25, 0.3) is 0 Å². The Bertz CT molecular complexity index is 700. The summed E-state index contributed by atoms with van der Waals surface area (Å²) in [6.07, 6.45) is 1.10. The highest BCUT2D eigenvalue weighted by Crippen LogP contribution is 2.17. The monoisotopic (exact) mass is 358 g/mol. The Balaban J connectivity index is 1.88. The molecule has 0 unspecified atom stereocenters. The molecule has 1 amide bonds. The second-order valence-electron chi connectivity index (χ2n) is 6.65. The van der Waals surface area contributed by atoms with Gasteiger partial charge in [0.2, 0.25) is 5.91 Å². The van der Waals surface area contributed by atoms with Crippen LogP contribution in [0.4, 0.5) is 0 Å². The summed E-state index contributed by atoms with van der Waals surface area (Å²) >= 11 is 6.14. The fourth-order valence-corrected chi connectivity index (χ4v) is 2.80. The molecule has 0 radical (unpaired) electrons. The lowest BCUT2D eigenvalue weighted by atomic mass is 10.1. The van der Waals surface area contributed by atoms with Gasteiger partial charge in [-0.3, -0.25) is 9.69 Å². The number of benzene rings is 2. The lowest BCUT2D eigenvalue weighted by molar-refractivity contribution is -0.121. The molecule has 2 aromatic rings. The van der Waals surface area contributed by atoms with Crippen molar-refractivity contribution in [2.75, 3.05) is 7.05 Å². The average Bonchev–Trinajstić information content (AvgIpc) is 2.60. The molecule has 0 aliphatic carbocycles. The number of rotatable bonds is 8. The van der Waals surface area contributed by atoms with Gasteiger partial charge in [-0.2, -0.15) is 0 Å². The number of aryl methyl sites for hydroxylation is 1. The van der Waals surface area contributed by atoms with E-state index in [9.17, 15) is 4.79 Å². The quantitative estimate of drug-likeness (QED) is 0.757. The molecule has 0 aromatic heterocycles. The summed E-state index contributed by atoms with van der Waals surface area (Å²) in [6, 6.07) is 16.4. The molecule has 0 heterocycles. The zero-order valence-corrected chi connectivity index (χ0v) is 16.0. The molecule has 0 bridgehead atoms. The van der Waals surface area contributed by atoms with Gasteiger partial charge in [0.15, 0.2) is 0 Å². The van der Waals surface area contributed by atoms with E-state index in [4.69, 9.17) is 11.6 Å². The number of nitrogens with zero attached hydrogens (tertiary/aromatic N) is 1. The van der Waals surface area contributed by atoms with Crippen molar-refractivity contribution >= 4 is 17.5 Å². The van der Waals surface area contributed by atoms with Gasteiger partial charge in [0, 0.05) is 30.6 Å². The van der Waals surface area contributed by atoms with Gasteiger partial charge in [-0.05, 0) is 50.1 Å². The van der Waals surface area contributed by atoms with Crippen LogP contribution in [-0.4, -0.2) is 23.9 Å². The highest BCUT2D eigenvalue weighted by atomic mass is 35.5. The van der Waals surface area contributed by atoms with Crippen LogP contribution < -0.4 is 5.32 Å².